The van der Waals surface area contributed by atoms with Gasteiger partial charge in [-0.3, -0.25) is 0 Å². The molecule has 1 saturated carbocycles. The van der Waals surface area contributed by atoms with Crippen molar-refractivity contribution in [3.8, 4) is 0 Å². The number of hydrogen-bond acceptors (Lipinski definition) is 3. The standard InChI is InChI=1S/C12H23NO2/c1-10-7-13-8-12(15-10)9-14-11-5-3-2-4-6-11/h10-13H,2-9H2,1H3. The Kier molecular flexibility index (Phi) is 4.42. The molecule has 0 spiro atoms. The van der Waals surface area contributed by atoms with Gasteiger partial charge in [-0.2, -0.15) is 0 Å². The average Bonchev–Trinajstić information content (AvgIpc) is 2.28. The Bertz CT molecular complexity index is 180. The number of morpholine rings is 1. The number of nitrogens with one attached hydrogen (secondary N) is 1. The van der Waals surface area contributed by atoms with Crippen LogP contribution in [0, 0.1) is 0 Å². The Hall–Kier alpha value is -0.120. The van der Waals surface area contributed by atoms with Crippen molar-refractivity contribution in [2.75, 3.05) is 19.7 Å². The molecular formula is C12H23NO2. The first-order valence-corrected chi connectivity index (χ1v) is 6.32. The maximum atomic E-state index is 5.91. The van der Waals surface area contributed by atoms with Crippen molar-refractivity contribution in [3.63, 3.8) is 0 Å². The monoisotopic (exact) mass is 213 g/mol. The Morgan fingerprint density at radius 2 is 2.00 bits per heavy atom. The normalized spacial score (nSPS) is 34.2. The molecule has 0 aromatic heterocycles. The van der Waals surface area contributed by atoms with E-state index in [-0.39, 0.29) is 6.10 Å². The zero-order valence-corrected chi connectivity index (χ0v) is 9.71. The van der Waals surface area contributed by atoms with Gasteiger partial charge in [-0.25, -0.2) is 0 Å². The van der Waals surface area contributed by atoms with E-state index in [9.17, 15) is 0 Å². The molecule has 2 aliphatic rings. The molecule has 0 radical (unpaired) electrons. The molecule has 1 N–H and O–H groups in total. The van der Waals surface area contributed by atoms with Gasteiger partial charge >= 0.3 is 0 Å². The minimum absolute atomic E-state index is 0.260. The lowest BCUT2D eigenvalue weighted by Gasteiger charge is -2.30. The van der Waals surface area contributed by atoms with Gasteiger partial charge in [-0.15, -0.1) is 0 Å². The predicted molar refractivity (Wildman–Crippen MR) is 60.0 cm³/mol. The van der Waals surface area contributed by atoms with Gasteiger partial charge in [0, 0.05) is 13.1 Å². The third-order valence-corrected chi connectivity index (χ3v) is 3.30. The van der Waals surface area contributed by atoms with E-state index in [2.05, 4.69) is 12.2 Å². The van der Waals surface area contributed by atoms with Gasteiger partial charge < -0.3 is 14.8 Å². The summed E-state index contributed by atoms with van der Waals surface area (Å²) in [5.74, 6) is 0. The van der Waals surface area contributed by atoms with E-state index in [4.69, 9.17) is 9.47 Å². The fourth-order valence-corrected chi connectivity index (χ4v) is 2.45. The van der Waals surface area contributed by atoms with Crippen LogP contribution in [0.4, 0.5) is 0 Å². The van der Waals surface area contributed by atoms with Crippen LogP contribution in [0.3, 0.4) is 0 Å². The third-order valence-electron chi connectivity index (χ3n) is 3.30. The quantitative estimate of drug-likeness (QED) is 0.774. The van der Waals surface area contributed by atoms with Crippen LogP contribution in [-0.4, -0.2) is 38.0 Å². The van der Waals surface area contributed by atoms with Crippen molar-refractivity contribution < 1.29 is 9.47 Å². The molecule has 1 heterocycles. The summed E-state index contributed by atoms with van der Waals surface area (Å²) in [6.45, 7) is 4.79. The molecule has 2 fully saturated rings. The Labute approximate surface area is 92.5 Å². The van der Waals surface area contributed by atoms with E-state index in [1.165, 1.54) is 32.1 Å². The molecule has 15 heavy (non-hydrogen) atoms. The Morgan fingerprint density at radius 1 is 1.20 bits per heavy atom. The largest absolute Gasteiger partial charge is 0.375 e. The fraction of sp³-hybridized carbons (Fsp3) is 1.00. The number of hydrogen-bond donors (Lipinski definition) is 1. The maximum absolute atomic E-state index is 5.91. The van der Waals surface area contributed by atoms with Gasteiger partial charge in [0.2, 0.25) is 0 Å². The highest BCUT2D eigenvalue weighted by molar-refractivity contribution is 4.73. The first-order valence-electron chi connectivity index (χ1n) is 6.32. The summed E-state index contributed by atoms with van der Waals surface area (Å²) in [5, 5.41) is 3.37. The van der Waals surface area contributed by atoms with Gasteiger partial charge in [0.1, 0.15) is 0 Å². The lowest BCUT2D eigenvalue weighted by Crippen LogP contribution is -2.45. The van der Waals surface area contributed by atoms with E-state index in [0.717, 1.165) is 19.7 Å². The SMILES string of the molecule is CC1CNCC(COC2CCCCC2)O1. The first kappa shape index (κ1) is 11.4. The highest BCUT2D eigenvalue weighted by atomic mass is 16.5. The van der Waals surface area contributed by atoms with Crippen LogP contribution >= 0.6 is 0 Å². The van der Waals surface area contributed by atoms with Crippen molar-refractivity contribution in [3.05, 3.63) is 0 Å². The lowest BCUT2D eigenvalue weighted by atomic mass is 9.98. The van der Waals surface area contributed by atoms with Crippen molar-refractivity contribution >= 4 is 0 Å². The molecule has 1 aliphatic heterocycles. The first-order chi connectivity index (χ1) is 7.34. The smallest absolute Gasteiger partial charge is 0.0936 e. The van der Waals surface area contributed by atoms with Crippen LogP contribution in [0.2, 0.25) is 0 Å². The Morgan fingerprint density at radius 3 is 2.73 bits per heavy atom. The summed E-state index contributed by atoms with van der Waals surface area (Å²) in [6.07, 6.45) is 7.65. The molecule has 1 saturated heterocycles. The molecule has 0 aromatic carbocycles. The molecule has 0 bridgehead atoms. The van der Waals surface area contributed by atoms with Crippen LogP contribution in [-0.2, 0) is 9.47 Å². The summed E-state index contributed by atoms with van der Waals surface area (Å²) >= 11 is 0. The van der Waals surface area contributed by atoms with Crippen LogP contribution in [0.25, 0.3) is 0 Å². The van der Waals surface area contributed by atoms with Gasteiger partial charge in [0.15, 0.2) is 0 Å². The van der Waals surface area contributed by atoms with Crippen LogP contribution in [0.15, 0.2) is 0 Å². The topological polar surface area (TPSA) is 30.5 Å². The summed E-state index contributed by atoms with van der Waals surface area (Å²) in [7, 11) is 0. The molecule has 2 rings (SSSR count). The molecular weight excluding hydrogens is 190 g/mol. The fourth-order valence-electron chi connectivity index (χ4n) is 2.45. The summed E-state index contributed by atoms with van der Waals surface area (Å²) in [4.78, 5) is 0. The van der Waals surface area contributed by atoms with Crippen molar-refractivity contribution in [1.82, 2.24) is 5.32 Å². The van der Waals surface area contributed by atoms with E-state index < -0.39 is 0 Å². The second kappa shape index (κ2) is 5.83. The molecule has 88 valence electrons. The van der Waals surface area contributed by atoms with E-state index in [0.29, 0.717) is 12.2 Å². The van der Waals surface area contributed by atoms with Crippen molar-refractivity contribution in [2.24, 2.45) is 0 Å². The van der Waals surface area contributed by atoms with Gasteiger partial charge in [0.05, 0.1) is 24.9 Å². The highest BCUT2D eigenvalue weighted by Crippen LogP contribution is 2.20. The van der Waals surface area contributed by atoms with Crippen molar-refractivity contribution in [2.45, 2.75) is 57.3 Å². The summed E-state index contributed by atoms with van der Waals surface area (Å²) < 4.78 is 11.7. The molecule has 0 aromatic rings. The molecule has 0 amide bonds. The van der Waals surface area contributed by atoms with E-state index in [1.54, 1.807) is 0 Å². The predicted octanol–water partition coefficient (Wildman–Crippen LogP) is 1.71. The molecule has 2 unspecified atom stereocenters. The number of rotatable bonds is 3. The van der Waals surface area contributed by atoms with Crippen LogP contribution in [0.1, 0.15) is 39.0 Å². The van der Waals surface area contributed by atoms with E-state index in [1.807, 2.05) is 0 Å². The summed E-state index contributed by atoms with van der Waals surface area (Å²) in [6, 6.07) is 0. The number of ether oxygens (including phenoxy) is 2. The van der Waals surface area contributed by atoms with E-state index >= 15 is 0 Å². The third kappa shape index (κ3) is 3.74. The minimum Gasteiger partial charge on any atom is -0.375 e. The maximum Gasteiger partial charge on any atom is 0.0936 e. The second-order valence-electron chi connectivity index (χ2n) is 4.82. The molecule has 2 atom stereocenters. The molecule has 3 nitrogen and oxygen atoms in total. The van der Waals surface area contributed by atoms with Crippen molar-refractivity contribution in [1.29, 1.82) is 0 Å². The second-order valence-corrected chi connectivity index (χ2v) is 4.82. The van der Waals surface area contributed by atoms with Crippen LogP contribution in [0.5, 0.6) is 0 Å². The Balaban J connectivity index is 1.63. The van der Waals surface area contributed by atoms with Crippen LogP contribution < -0.4 is 5.32 Å². The molecule has 1 aliphatic carbocycles. The van der Waals surface area contributed by atoms with Gasteiger partial charge in [0.25, 0.3) is 0 Å². The zero-order chi connectivity index (χ0) is 10.5. The lowest BCUT2D eigenvalue weighted by molar-refractivity contribution is -0.0896. The zero-order valence-electron chi connectivity index (χ0n) is 9.71. The van der Waals surface area contributed by atoms with Gasteiger partial charge in [-0.1, -0.05) is 19.3 Å². The highest BCUT2D eigenvalue weighted by Gasteiger charge is 2.21. The molecule has 3 heteroatoms. The van der Waals surface area contributed by atoms with Gasteiger partial charge in [-0.05, 0) is 19.8 Å². The average molecular weight is 213 g/mol. The summed E-state index contributed by atoms with van der Waals surface area (Å²) in [5.41, 5.74) is 0. The minimum atomic E-state index is 0.260.